The largest absolute Gasteiger partial charge is 0.367 e. The van der Waals surface area contributed by atoms with Crippen LogP contribution in [0, 0.1) is 0 Å². The van der Waals surface area contributed by atoms with Gasteiger partial charge >= 0.3 is 0 Å². The molecule has 172 valence electrons. The predicted molar refractivity (Wildman–Crippen MR) is 120 cm³/mol. The molecular formula is C24H27N5O4. The van der Waals surface area contributed by atoms with Gasteiger partial charge in [0.1, 0.15) is 11.6 Å². The number of nitrogens with one attached hydrogen (secondary N) is 1. The second-order valence-electron chi connectivity index (χ2n) is 8.59. The number of rotatable bonds is 7. The number of hydrogen-bond acceptors (Lipinski definition) is 6. The lowest BCUT2D eigenvalue weighted by Crippen LogP contribution is -2.39. The standard InChI is InChI=1S/C24H27N5O4/c1-32-22(17-5-3-2-4-6-17)23(30)26-21-9-12-25-29(21)18-10-13-28(14-11-18)24(31)19-15-20(33-27-19)16-7-8-16/h2-6,9,12,15-16,18,22H,7-8,10-11,13-14H2,1H3,(H,26,30)/t22-/m0/s1. The summed E-state index contributed by atoms with van der Waals surface area (Å²) >= 11 is 0. The molecule has 0 bridgehead atoms. The first-order valence-corrected chi connectivity index (χ1v) is 11.3. The molecule has 0 radical (unpaired) electrons. The summed E-state index contributed by atoms with van der Waals surface area (Å²) in [5.41, 5.74) is 1.17. The maximum absolute atomic E-state index is 12.9. The van der Waals surface area contributed by atoms with Gasteiger partial charge < -0.3 is 19.5 Å². The van der Waals surface area contributed by atoms with Gasteiger partial charge in [-0.1, -0.05) is 35.5 Å². The van der Waals surface area contributed by atoms with E-state index in [1.807, 2.05) is 39.9 Å². The second-order valence-corrected chi connectivity index (χ2v) is 8.59. The van der Waals surface area contributed by atoms with Crippen molar-refractivity contribution < 1.29 is 18.8 Å². The first kappa shape index (κ1) is 21.4. The zero-order valence-corrected chi connectivity index (χ0v) is 18.5. The molecule has 2 aliphatic rings. The molecule has 1 N–H and O–H groups in total. The van der Waals surface area contributed by atoms with Crippen LogP contribution >= 0.6 is 0 Å². The molecule has 0 unspecified atom stereocenters. The molecule has 9 nitrogen and oxygen atoms in total. The van der Waals surface area contributed by atoms with Crippen molar-refractivity contribution in [2.45, 2.75) is 43.7 Å². The third kappa shape index (κ3) is 4.54. The zero-order chi connectivity index (χ0) is 22.8. The minimum absolute atomic E-state index is 0.0800. The van der Waals surface area contributed by atoms with Crippen LogP contribution in [0.15, 0.2) is 53.2 Å². The van der Waals surface area contributed by atoms with E-state index in [9.17, 15) is 9.59 Å². The summed E-state index contributed by atoms with van der Waals surface area (Å²) in [6.45, 7) is 1.18. The first-order valence-electron chi connectivity index (χ1n) is 11.3. The third-order valence-electron chi connectivity index (χ3n) is 6.32. The molecule has 1 aromatic carbocycles. The number of methoxy groups -OCH3 is 1. The summed E-state index contributed by atoms with van der Waals surface area (Å²) in [6.07, 6.45) is 4.64. The highest BCUT2D eigenvalue weighted by molar-refractivity contribution is 5.94. The van der Waals surface area contributed by atoms with Crippen LogP contribution in [0.1, 0.15) is 65.6 Å². The molecule has 3 heterocycles. The number of amides is 2. The van der Waals surface area contributed by atoms with Crippen molar-refractivity contribution >= 4 is 17.6 Å². The number of anilines is 1. The molecule has 1 saturated heterocycles. The number of nitrogens with zero attached hydrogens (tertiary/aromatic N) is 4. The zero-order valence-electron chi connectivity index (χ0n) is 18.5. The SMILES string of the molecule is CO[C@H](C(=O)Nc1ccnn1C1CCN(C(=O)c2cc(C3CC3)on2)CC1)c1ccccc1. The van der Waals surface area contributed by atoms with Crippen molar-refractivity contribution in [3.63, 3.8) is 0 Å². The lowest BCUT2D eigenvalue weighted by atomic mass is 10.0. The van der Waals surface area contributed by atoms with Crippen LogP contribution in [0.5, 0.6) is 0 Å². The number of carbonyl (C=O) groups is 2. The van der Waals surface area contributed by atoms with Crippen LogP contribution in [0.4, 0.5) is 5.82 Å². The number of benzene rings is 1. The van der Waals surface area contributed by atoms with Crippen LogP contribution in [0.25, 0.3) is 0 Å². The molecule has 2 aromatic heterocycles. The molecule has 2 amide bonds. The third-order valence-corrected chi connectivity index (χ3v) is 6.32. The van der Waals surface area contributed by atoms with Crippen LogP contribution in [-0.4, -0.2) is 51.9 Å². The number of likely N-dealkylation sites (tertiary alicyclic amines) is 1. The minimum atomic E-state index is -0.711. The first-order chi connectivity index (χ1) is 16.1. The van der Waals surface area contributed by atoms with Gasteiger partial charge in [0.15, 0.2) is 11.8 Å². The molecule has 5 rings (SSSR count). The molecule has 1 atom stereocenters. The van der Waals surface area contributed by atoms with E-state index in [4.69, 9.17) is 9.26 Å². The Morgan fingerprint density at radius 3 is 2.58 bits per heavy atom. The Balaban J connectivity index is 1.21. The summed E-state index contributed by atoms with van der Waals surface area (Å²) in [5.74, 6) is 1.51. The van der Waals surface area contributed by atoms with Crippen molar-refractivity contribution in [3.05, 3.63) is 65.7 Å². The van der Waals surface area contributed by atoms with E-state index < -0.39 is 6.10 Å². The van der Waals surface area contributed by atoms with Crippen LogP contribution in [-0.2, 0) is 9.53 Å². The number of ether oxygens (including phenoxy) is 1. The fraction of sp³-hybridized carbons (Fsp3) is 0.417. The van der Waals surface area contributed by atoms with Crippen molar-refractivity contribution in [2.24, 2.45) is 0 Å². The van der Waals surface area contributed by atoms with Crippen molar-refractivity contribution in [1.29, 1.82) is 0 Å². The van der Waals surface area contributed by atoms with Gasteiger partial charge in [-0.05, 0) is 31.2 Å². The monoisotopic (exact) mass is 449 g/mol. The second kappa shape index (κ2) is 9.19. The highest BCUT2D eigenvalue weighted by atomic mass is 16.5. The van der Waals surface area contributed by atoms with Gasteiger partial charge in [-0.2, -0.15) is 5.10 Å². The Morgan fingerprint density at radius 1 is 1.12 bits per heavy atom. The number of hydrogen-bond donors (Lipinski definition) is 1. The summed E-state index contributed by atoms with van der Waals surface area (Å²) < 4.78 is 12.6. The maximum Gasteiger partial charge on any atom is 0.276 e. The molecule has 2 fully saturated rings. The van der Waals surface area contributed by atoms with E-state index in [0.29, 0.717) is 30.5 Å². The van der Waals surface area contributed by atoms with E-state index >= 15 is 0 Å². The highest BCUT2D eigenvalue weighted by Crippen LogP contribution is 2.40. The Hall–Kier alpha value is -3.46. The van der Waals surface area contributed by atoms with Crippen LogP contribution in [0.2, 0.25) is 0 Å². The van der Waals surface area contributed by atoms with Crippen LogP contribution in [0.3, 0.4) is 0 Å². The van der Waals surface area contributed by atoms with E-state index in [1.165, 1.54) is 7.11 Å². The molecule has 1 aliphatic heterocycles. The summed E-state index contributed by atoms with van der Waals surface area (Å²) in [5, 5.41) is 11.4. The Labute approximate surface area is 191 Å². The Kier molecular flexibility index (Phi) is 5.95. The fourth-order valence-corrected chi connectivity index (χ4v) is 4.34. The number of aromatic nitrogens is 3. The number of piperidine rings is 1. The lowest BCUT2D eigenvalue weighted by Gasteiger charge is -2.32. The topological polar surface area (TPSA) is 102 Å². The molecule has 9 heteroatoms. The van der Waals surface area contributed by atoms with Crippen molar-refractivity contribution in [3.8, 4) is 0 Å². The lowest BCUT2D eigenvalue weighted by molar-refractivity contribution is -0.126. The van der Waals surface area contributed by atoms with Gasteiger partial charge in [0.05, 0.1) is 12.2 Å². The van der Waals surface area contributed by atoms with E-state index in [1.54, 1.807) is 18.3 Å². The van der Waals surface area contributed by atoms with Crippen molar-refractivity contribution in [1.82, 2.24) is 19.8 Å². The predicted octanol–water partition coefficient (Wildman–Crippen LogP) is 3.55. The molecule has 33 heavy (non-hydrogen) atoms. The quantitative estimate of drug-likeness (QED) is 0.592. The molecule has 1 aliphatic carbocycles. The average Bonchev–Trinajstić information content (AvgIpc) is 3.39. The molecular weight excluding hydrogens is 422 g/mol. The average molecular weight is 450 g/mol. The Morgan fingerprint density at radius 2 is 1.88 bits per heavy atom. The Bertz CT molecular complexity index is 1110. The smallest absolute Gasteiger partial charge is 0.276 e. The number of carbonyl (C=O) groups excluding carboxylic acids is 2. The van der Waals surface area contributed by atoms with Gasteiger partial charge in [0.25, 0.3) is 11.8 Å². The van der Waals surface area contributed by atoms with E-state index in [2.05, 4.69) is 15.6 Å². The molecule has 1 saturated carbocycles. The summed E-state index contributed by atoms with van der Waals surface area (Å²) in [4.78, 5) is 27.5. The fourth-order valence-electron chi connectivity index (χ4n) is 4.34. The van der Waals surface area contributed by atoms with E-state index in [-0.39, 0.29) is 17.9 Å². The highest BCUT2D eigenvalue weighted by Gasteiger charge is 2.32. The molecule has 0 spiro atoms. The minimum Gasteiger partial charge on any atom is -0.367 e. The van der Waals surface area contributed by atoms with Crippen LogP contribution < -0.4 is 5.32 Å². The van der Waals surface area contributed by atoms with Gasteiger partial charge in [0.2, 0.25) is 0 Å². The van der Waals surface area contributed by atoms with Gasteiger partial charge in [-0.25, -0.2) is 4.68 Å². The van der Waals surface area contributed by atoms with Gasteiger partial charge in [-0.3, -0.25) is 9.59 Å². The van der Waals surface area contributed by atoms with Crippen molar-refractivity contribution in [2.75, 3.05) is 25.5 Å². The van der Waals surface area contributed by atoms with Gasteiger partial charge in [-0.15, -0.1) is 0 Å². The summed E-state index contributed by atoms with van der Waals surface area (Å²) in [6, 6.07) is 13.0. The molecule has 3 aromatic rings. The normalized spacial score (nSPS) is 17.7. The van der Waals surface area contributed by atoms with E-state index in [0.717, 1.165) is 37.0 Å². The maximum atomic E-state index is 12.9. The van der Waals surface area contributed by atoms with Gasteiger partial charge in [0, 0.05) is 38.2 Å². The summed E-state index contributed by atoms with van der Waals surface area (Å²) in [7, 11) is 1.52.